The molecule has 1 aromatic rings. The van der Waals surface area contributed by atoms with Gasteiger partial charge in [0.2, 0.25) is 0 Å². The maximum absolute atomic E-state index is 13.1. The van der Waals surface area contributed by atoms with Gasteiger partial charge in [-0.3, -0.25) is 4.79 Å². The second kappa shape index (κ2) is 9.45. The molecular weight excluding hydrogens is 373 g/mol. The third-order valence-corrected chi connectivity index (χ3v) is 5.54. The molecule has 1 aromatic carbocycles. The summed E-state index contributed by atoms with van der Waals surface area (Å²) >= 11 is 0. The van der Waals surface area contributed by atoms with E-state index in [4.69, 9.17) is 0 Å². The predicted molar refractivity (Wildman–Crippen MR) is 97.7 cm³/mol. The van der Waals surface area contributed by atoms with E-state index in [0.29, 0.717) is 0 Å². The first kappa shape index (κ1) is 21.8. The van der Waals surface area contributed by atoms with Crippen LogP contribution in [0.5, 0.6) is 0 Å². The quantitative estimate of drug-likeness (QED) is 0.700. The van der Waals surface area contributed by atoms with Crippen LogP contribution in [0.4, 0.5) is 5.69 Å². The molecule has 1 heterocycles. The number of anilines is 1. The van der Waals surface area contributed by atoms with E-state index in [0.717, 1.165) is 53.8 Å². The molecule has 1 radical (unpaired) electrons. The minimum absolute atomic E-state index is 0. The number of hydrogen-bond acceptors (Lipinski definition) is 1. The number of hydrogen-bond donors (Lipinski definition) is 1. The minimum Gasteiger partial charge on any atom is -0.320 e. The molecule has 0 aliphatic carbocycles. The van der Waals surface area contributed by atoms with Gasteiger partial charge in [-0.25, -0.2) is 0 Å². The van der Waals surface area contributed by atoms with Crippen LogP contribution in [0.15, 0.2) is 12.1 Å². The fourth-order valence-corrected chi connectivity index (χ4v) is 4.32. The molecule has 4 heteroatoms. The first-order valence-electron chi connectivity index (χ1n) is 9.18. The van der Waals surface area contributed by atoms with E-state index >= 15 is 0 Å². The van der Waals surface area contributed by atoms with Crippen LogP contribution in [0, 0.1) is 20.8 Å². The number of rotatable bonds is 6. The van der Waals surface area contributed by atoms with Gasteiger partial charge in [0.1, 0.15) is 0 Å². The minimum atomic E-state index is 0. The topological polar surface area (TPSA) is 29.1 Å². The summed E-state index contributed by atoms with van der Waals surface area (Å²) in [5.74, 6) is 0.214. The van der Waals surface area contributed by atoms with Gasteiger partial charge in [-0.1, -0.05) is 24.6 Å². The Hall–Kier alpha value is -0.246. The zero-order valence-corrected chi connectivity index (χ0v) is 19.0. The molecule has 1 aliphatic rings. The van der Waals surface area contributed by atoms with E-state index in [1.54, 1.807) is 0 Å². The molecule has 1 amide bonds. The second-order valence-electron chi connectivity index (χ2n) is 7.26. The first-order chi connectivity index (χ1) is 10.9. The molecule has 0 spiro atoms. The van der Waals surface area contributed by atoms with Crippen molar-refractivity contribution in [1.29, 1.82) is 0 Å². The number of carbonyl (C=O) groups excluding carboxylic acids is 1. The van der Waals surface area contributed by atoms with Gasteiger partial charge >= 0.3 is 0 Å². The molecule has 2 rings (SSSR count). The summed E-state index contributed by atoms with van der Waals surface area (Å²) in [6.07, 6.45) is 4.54. The molecule has 3 nitrogen and oxygen atoms in total. The summed E-state index contributed by atoms with van der Waals surface area (Å²) < 4.78 is 0.976. The van der Waals surface area contributed by atoms with Crippen LogP contribution in [0.25, 0.3) is 0 Å². The maximum Gasteiger partial charge on any atom is 0.282 e. The van der Waals surface area contributed by atoms with Crippen molar-refractivity contribution in [1.82, 2.24) is 0 Å². The molecule has 1 atom stereocenters. The summed E-state index contributed by atoms with van der Waals surface area (Å²) in [5.41, 5.74) is 4.58. The van der Waals surface area contributed by atoms with Gasteiger partial charge in [0.15, 0.2) is 6.04 Å². The van der Waals surface area contributed by atoms with Crippen LogP contribution in [0.1, 0.15) is 56.2 Å². The number of likely N-dealkylation sites (tertiary alicyclic amines) is 1. The van der Waals surface area contributed by atoms with E-state index < -0.39 is 0 Å². The number of amides is 1. The Kier molecular flexibility index (Phi) is 8.58. The Bertz CT molecular complexity index is 542. The van der Waals surface area contributed by atoms with Crippen LogP contribution < -0.4 is 5.32 Å². The summed E-state index contributed by atoms with van der Waals surface area (Å²) in [5, 5.41) is 3.27. The predicted octanol–water partition coefficient (Wildman–Crippen LogP) is 4.35. The Labute approximate surface area is 173 Å². The molecule has 0 saturated carbocycles. The van der Waals surface area contributed by atoms with Crippen LogP contribution in [0.3, 0.4) is 0 Å². The van der Waals surface area contributed by atoms with Gasteiger partial charge in [0, 0.05) is 57.7 Å². The number of carbonyl (C=O) groups is 1. The molecule has 131 valence electrons. The molecule has 1 fully saturated rings. The SMILES string of the molecule is CCCC(C(=O)Nc1c(C)cc(C)cc1C)[N+]1(CC)CCCC1.[Y]. The van der Waals surface area contributed by atoms with Gasteiger partial charge < -0.3 is 9.80 Å². The standard InChI is InChI=1S/C20H32N2O.Y/c1-6-10-18(22(7-2)11-8-9-12-22)20(23)21-19-16(4)13-15(3)14-17(19)5;/h13-14,18H,6-12H2,1-5H3;/p+1. The summed E-state index contributed by atoms with van der Waals surface area (Å²) in [6, 6.07) is 4.39. The fourth-order valence-electron chi connectivity index (χ4n) is 4.32. The van der Waals surface area contributed by atoms with Crippen LogP contribution >= 0.6 is 0 Å². The molecular formula is C20H33N2OY+. The fraction of sp³-hybridized carbons (Fsp3) is 0.650. The number of nitrogens with one attached hydrogen (secondary N) is 1. The van der Waals surface area contributed by atoms with Crippen molar-refractivity contribution in [3.63, 3.8) is 0 Å². The molecule has 0 aromatic heterocycles. The average molecular weight is 406 g/mol. The van der Waals surface area contributed by atoms with Crippen molar-refractivity contribution in [3.05, 3.63) is 28.8 Å². The van der Waals surface area contributed by atoms with E-state index in [2.05, 4.69) is 52.1 Å². The van der Waals surface area contributed by atoms with Crippen molar-refractivity contribution < 1.29 is 42.0 Å². The smallest absolute Gasteiger partial charge is 0.282 e. The second-order valence-corrected chi connectivity index (χ2v) is 7.26. The third-order valence-electron chi connectivity index (χ3n) is 5.54. The van der Waals surface area contributed by atoms with E-state index in [9.17, 15) is 4.79 Å². The molecule has 1 saturated heterocycles. The van der Waals surface area contributed by atoms with E-state index in [1.165, 1.54) is 18.4 Å². The van der Waals surface area contributed by atoms with Crippen molar-refractivity contribution in [2.75, 3.05) is 25.0 Å². The number of aryl methyl sites for hydroxylation is 3. The number of nitrogens with zero attached hydrogens (tertiary/aromatic N) is 1. The van der Waals surface area contributed by atoms with Crippen LogP contribution in [-0.4, -0.2) is 36.1 Å². The third kappa shape index (κ3) is 4.68. The largest absolute Gasteiger partial charge is 0.320 e. The van der Waals surface area contributed by atoms with Crippen LogP contribution in [0.2, 0.25) is 0 Å². The van der Waals surface area contributed by atoms with Gasteiger partial charge in [0.25, 0.3) is 5.91 Å². The molecule has 1 aliphatic heterocycles. The molecule has 24 heavy (non-hydrogen) atoms. The summed E-state index contributed by atoms with van der Waals surface area (Å²) in [7, 11) is 0. The number of benzene rings is 1. The summed E-state index contributed by atoms with van der Waals surface area (Å²) in [6.45, 7) is 14.1. The normalized spacial score (nSPS) is 17.2. The van der Waals surface area contributed by atoms with Crippen LogP contribution in [-0.2, 0) is 37.5 Å². The van der Waals surface area contributed by atoms with Crippen molar-refractivity contribution >= 4 is 11.6 Å². The monoisotopic (exact) mass is 406 g/mol. The number of likely N-dealkylation sites (N-methyl/N-ethyl adjacent to an activating group) is 1. The van der Waals surface area contributed by atoms with E-state index in [1.807, 2.05) is 0 Å². The Morgan fingerprint density at radius 2 is 1.67 bits per heavy atom. The zero-order chi connectivity index (χ0) is 17.0. The van der Waals surface area contributed by atoms with E-state index in [-0.39, 0.29) is 44.7 Å². The maximum atomic E-state index is 13.1. The Morgan fingerprint density at radius 1 is 1.12 bits per heavy atom. The van der Waals surface area contributed by atoms with Crippen molar-refractivity contribution in [2.24, 2.45) is 0 Å². The van der Waals surface area contributed by atoms with Gasteiger partial charge in [-0.15, -0.1) is 0 Å². The van der Waals surface area contributed by atoms with Gasteiger partial charge in [-0.2, -0.15) is 0 Å². The average Bonchev–Trinajstić information content (AvgIpc) is 2.98. The molecule has 0 bridgehead atoms. The number of quaternary nitrogens is 1. The van der Waals surface area contributed by atoms with Crippen molar-refractivity contribution in [3.8, 4) is 0 Å². The zero-order valence-electron chi connectivity index (χ0n) is 16.1. The molecule has 1 N–H and O–H groups in total. The van der Waals surface area contributed by atoms with Gasteiger partial charge in [0.05, 0.1) is 19.6 Å². The molecule has 1 unspecified atom stereocenters. The Morgan fingerprint density at radius 3 is 2.12 bits per heavy atom. The Balaban J connectivity index is 0.00000288. The first-order valence-corrected chi connectivity index (χ1v) is 9.18. The van der Waals surface area contributed by atoms with Gasteiger partial charge in [-0.05, 0) is 45.2 Å². The van der Waals surface area contributed by atoms with Crippen molar-refractivity contribution in [2.45, 2.75) is 66.3 Å². The summed E-state index contributed by atoms with van der Waals surface area (Å²) in [4.78, 5) is 13.1.